The van der Waals surface area contributed by atoms with Gasteiger partial charge in [-0.05, 0) is 12.8 Å². The zero-order chi connectivity index (χ0) is 11.4. The van der Waals surface area contributed by atoms with Gasteiger partial charge in [0.25, 0.3) is 5.91 Å². The number of hydrogen-bond donors (Lipinski definition) is 2. The first kappa shape index (κ1) is 14.2. The number of unbranched alkanes of at least 4 members (excludes halogenated alkanes) is 7. The van der Waals surface area contributed by atoms with Gasteiger partial charge in [-0.25, -0.2) is 5.48 Å². The van der Waals surface area contributed by atoms with E-state index in [0.29, 0.717) is 0 Å². The highest BCUT2D eigenvalue weighted by Crippen LogP contribution is 2.08. The van der Waals surface area contributed by atoms with E-state index in [1.165, 1.54) is 44.6 Å². The smallest absolute Gasteiger partial charge is 0.267 e. The molecule has 0 heterocycles. The van der Waals surface area contributed by atoms with E-state index in [9.17, 15) is 4.79 Å². The highest BCUT2D eigenvalue weighted by atomic mass is 16.5. The standard InChI is InChI=1S/C12H23NO2/c1-2-3-4-5-6-7-8-9-10-11-12(14)13-15/h10-11,15H,2-9H2,1H3,(H,13,14). The lowest BCUT2D eigenvalue weighted by Gasteiger charge is -1.98. The van der Waals surface area contributed by atoms with Crippen molar-refractivity contribution in [3.63, 3.8) is 0 Å². The fourth-order valence-corrected chi connectivity index (χ4v) is 1.45. The summed E-state index contributed by atoms with van der Waals surface area (Å²) >= 11 is 0. The second-order valence-corrected chi connectivity index (χ2v) is 3.79. The SMILES string of the molecule is CCCCCCCCCC=CC(=O)NO. The maximum atomic E-state index is 10.6. The van der Waals surface area contributed by atoms with Crippen LogP contribution in [0.5, 0.6) is 0 Å². The summed E-state index contributed by atoms with van der Waals surface area (Å²) in [7, 11) is 0. The predicted octanol–water partition coefficient (Wildman–Crippen LogP) is 3.19. The lowest BCUT2D eigenvalue weighted by Crippen LogP contribution is -2.14. The highest BCUT2D eigenvalue weighted by molar-refractivity contribution is 5.86. The van der Waals surface area contributed by atoms with Gasteiger partial charge in [0.1, 0.15) is 0 Å². The van der Waals surface area contributed by atoms with Crippen LogP contribution in [0, 0.1) is 0 Å². The van der Waals surface area contributed by atoms with Gasteiger partial charge in [0.05, 0.1) is 0 Å². The van der Waals surface area contributed by atoms with Crippen molar-refractivity contribution in [2.45, 2.75) is 58.3 Å². The molecule has 88 valence electrons. The molecule has 0 aliphatic heterocycles. The van der Waals surface area contributed by atoms with Crippen LogP contribution in [-0.4, -0.2) is 11.1 Å². The largest absolute Gasteiger partial charge is 0.288 e. The summed E-state index contributed by atoms with van der Waals surface area (Å²) in [6, 6.07) is 0. The Morgan fingerprint density at radius 2 is 1.73 bits per heavy atom. The van der Waals surface area contributed by atoms with Crippen molar-refractivity contribution >= 4 is 5.91 Å². The van der Waals surface area contributed by atoms with Crippen molar-refractivity contribution in [1.29, 1.82) is 0 Å². The van der Waals surface area contributed by atoms with Crippen molar-refractivity contribution < 1.29 is 10.0 Å². The van der Waals surface area contributed by atoms with Gasteiger partial charge in [0.15, 0.2) is 0 Å². The van der Waals surface area contributed by atoms with Crippen LogP contribution in [0.3, 0.4) is 0 Å². The summed E-state index contributed by atoms with van der Waals surface area (Å²) in [6.45, 7) is 2.22. The number of amides is 1. The zero-order valence-corrected chi connectivity index (χ0v) is 9.67. The van der Waals surface area contributed by atoms with E-state index in [1.54, 1.807) is 11.6 Å². The summed E-state index contributed by atoms with van der Waals surface area (Å²) in [5.41, 5.74) is 1.56. The number of allylic oxidation sites excluding steroid dienone is 1. The molecule has 0 aromatic rings. The summed E-state index contributed by atoms with van der Waals surface area (Å²) in [5.74, 6) is -0.446. The highest BCUT2D eigenvalue weighted by Gasteiger charge is 1.91. The number of hydroxylamine groups is 1. The molecule has 0 radical (unpaired) electrons. The minimum atomic E-state index is -0.446. The first-order chi connectivity index (χ1) is 7.31. The van der Waals surface area contributed by atoms with Gasteiger partial charge in [0, 0.05) is 6.08 Å². The summed E-state index contributed by atoms with van der Waals surface area (Å²) < 4.78 is 0. The Kier molecular flexibility index (Phi) is 10.6. The van der Waals surface area contributed by atoms with Crippen LogP contribution in [0.1, 0.15) is 58.3 Å². The number of hydrogen-bond acceptors (Lipinski definition) is 2. The third kappa shape index (κ3) is 11.1. The average molecular weight is 213 g/mol. The molecule has 0 aromatic heterocycles. The van der Waals surface area contributed by atoms with Gasteiger partial charge in [-0.3, -0.25) is 10.0 Å². The molecule has 0 spiro atoms. The van der Waals surface area contributed by atoms with E-state index in [4.69, 9.17) is 5.21 Å². The second kappa shape index (κ2) is 11.2. The van der Waals surface area contributed by atoms with E-state index in [-0.39, 0.29) is 0 Å². The van der Waals surface area contributed by atoms with E-state index in [1.807, 2.05) is 0 Å². The van der Waals surface area contributed by atoms with Gasteiger partial charge < -0.3 is 0 Å². The Morgan fingerprint density at radius 3 is 2.33 bits per heavy atom. The van der Waals surface area contributed by atoms with Crippen molar-refractivity contribution in [3.05, 3.63) is 12.2 Å². The fraction of sp³-hybridized carbons (Fsp3) is 0.750. The molecule has 3 heteroatoms. The summed E-state index contributed by atoms with van der Waals surface area (Å²) in [5, 5.41) is 8.21. The Balaban J connectivity index is 3.11. The minimum Gasteiger partial charge on any atom is -0.288 e. The van der Waals surface area contributed by atoms with Crippen molar-refractivity contribution in [2.24, 2.45) is 0 Å². The van der Waals surface area contributed by atoms with E-state index >= 15 is 0 Å². The van der Waals surface area contributed by atoms with Crippen LogP contribution in [0.2, 0.25) is 0 Å². The molecule has 0 rings (SSSR count). The second-order valence-electron chi connectivity index (χ2n) is 3.79. The molecule has 15 heavy (non-hydrogen) atoms. The van der Waals surface area contributed by atoms with E-state index < -0.39 is 5.91 Å². The monoisotopic (exact) mass is 213 g/mol. The maximum Gasteiger partial charge on any atom is 0.267 e. The average Bonchev–Trinajstić information content (AvgIpc) is 2.26. The molecule has 2 N–H and O–H groups in total. The Bertz CT molecular complexity index is 178. The molecule has 0 atom stereocenters. The molecule has 0 aliphatic rings. The minimum absolute atomic E-state index is 0.446. The number of nitrogens with one attached hydrogen (secondary N) is 1. The lowest BCUT2D eigenvalue weighted by atomic mass is 10.1. The lowest BCUT2D eigenvalue weighted by molar-refractivity contribution is -0.124. The molecular formula is C12H23NO2. The molecule has 0 fully saturated rings. The topological polar surface area (TPSA) is 49.3 Å². The third-order valence-electron chi connectivity index (χ3n) is 2.35. The third-order valence-corrected chi connectivity index (χ3v) is 2.35. The molecule has 0 bridgehead atoms. The molecule has 0 unspecified atom stereocenters. The molecular weight excluding hydrogens is 190 g/mol. The molecule has 0 aliphatic carbocycles. The van der Waals surface area contributed by atoms with Crippen LogP contribution >= 0.6 is 0 Å². The Labute approximate surface area is 92.5 Å². The summed E-state index contributed by atoms with van der Waals surface area (Å²) in [6.07, 6.45) is 13.1. The van der Waals surface area contributed by atoms with E-state index in [2.05, 4.69) is 6.92 Å². The van der Waals surface area contributed by atoms with Gasteiger partial charge in [-0.15, -0.1) is 0 Å². The van der Waals surface area contributed by atoms with Gasteiger partial charge in [-0.1, -0.05) is 51.5 Å². The van der Waals surface area contributed by atoms with Crippen LogP contribution in [0.25, 0.3) is 0 Å². The quantitative estimate of drug-likeness (QED) is 0.267. The van der Waals surface area contributed by atoms with Gasteiger partial charge >= 0.3 is 0 Å². The number of carbonyl (C=O) groups is 1. The number of carbonyl (C=O) groups excluding carboxylic acids is 1. The predicted molar refractivity (Wildman–Crippen MR) is 61.7 cm³/mol. The van der Waals surface area contributed by atoms with Crippen LogP contribution in [0.4, 0.5) is 0 Å². The number of rotatable bonds is 9. The molecule has 0 aromatic carbocycles. The summed E-state index contributed by atoms with van der Waals surface area (Å²) in [4.78, 5) is 10.6. The van der Waals surface area contributed by atoms with Crippen molar-refractivity contribution in [1.82, 2.24) is 5.48 Å². The zero-order valence-electron chi connectivity index (χ0n) is 9.67. The first-order valence-electron chi connectivity index (χ1n) is 5.92. The molecule has 1 amide bonds. The van der Waals surface area contributed by atoms with Crippen LogP contribution < -0.4 is 5.48 Å². The maximum absolute atomic E-state index is 10.6. The fourth-order valence-electron chi connectivity index (χ4n) is 1.45. The molecule has 3 nitrogen and oxygen atoms in total. The normalized spacial score (nSPS) is 10.8. The van der Waals surface area contributed by atoms with Gasteiger partial charge in [0.2, 0.25) is 0 Å². The molecule has 0 saturated carbocycles. The van der Waals surface area contributed by atoms with Crippen LogP contribution in [-0.2, 0) is 4.79 Å². The van der Waals surface area contributed by atoms with Gasteiger partial charge in [-0.2, -0.15) is 0 Å². The first-order valence-corrected chi connectivity index (χ1v) is 5.92. The molecule has 0 saturated heterocycles. The van der Waals surface area contributed by atoms with E-state index in [0.717, 1.165) is 12.8 Å². The Morgan fingerprint density at radius 1 is 1.13 bits per heavy atom. The Hall–Kier alpha value is -0.830. The van der Waals surface area contributed by atoms with Crippen molar-refractivity contribution in [3.8, 4) is 0 Å². The van der Waals surface area contributed by atoms with Crippen LogP contribution in [0.15, 0.2) is 12.2 Å². The van der Waals surface area contributed by atoms with Crippen molar-refractivity contribution in [2.75, 3.05) is 0 Å².